The highest BCUT2D eigenvalue weighted by Crippen LogP contribution is 2.54. The van der Waals surface area contributed by atoms with Gasteiger partial charge in [-0.1, -0.05) is 36.9 Å². The molecule has 0 spiro atoms. The Morgan fingerprint density at radius 3 is 2.30 bits per heavy atom. The average molecular weight is 401 g/mol. The number of amides is 1. The van der Waals surface area contributed by atoms with E-state index in [0.29, 0.717) is 17.1 Å². The summed E-state index contributed by atoms with van der Waals surface area (Å²) in [6, 6.07) is 20.2. The number of anilines is 1. The van der Waals surface area contributed by atoms with E-state index in [1.54, 1.807) is 12.0 Å². The Hall–Kier alpha value is -3.53. The predicted octanol–water partition coefficient (Wildman–Crippen LogP) is 4.94. The summed E-state index contributed by atoms with van der Waals surface area (Å²) in [4.78, 5) is 15.4. The summed E-state index contributed by atoms with van der Waals surface area (Å²) in [5.41, 5.74) is 3.81. The fourth-order valence-corrected chi connectivity index (χ4v) is 4.06. The van der Waals surface area contributed by atoms with E-state index in [0.717, 1.165) is 17.0 Å². The summed E-state index contributed by atoms with van der Waals surface area (Å²) in [5.74, 6) is 1.90. The number of furan rings is 1. The first-order chi connectivity index (χ1) is 14.6. The van der Waals surface area contributed by atoms with Gasteiger partial charge in [-0.3, -0.25) is 9.69 Å². The maximum atomic E-state index is 13.7. The molecular formula is C25H23NO4. The molecule has 2 atom stereocenters. The molecule has 3 aromatic rings. The lowest BCUT2D eigenvalue weighted by Crippen LogP contribution is -2.70. The van der Waals surface area contributed by atoms with Gasteiger partial charge in [-0.15, -0.1) is 5.73 Å². The molecule has 1 saturated heterocycles. The summed E-state index contributed by atoms with van der Waals surface area (Å²) >= 11 is 0. The lowest BCUT2D eigenvalue weighted by atomic mass is 9.72. The van der Waals surface area contributed by atoms with E-state index in [2.05, 4.69) is 12.3 Å². The van der Waals surface area contributed by atoms with Gasteiger partial charge in [0.1, 0.15) is 23.3 Å². The van der Waals surface area contributed by atoms with Crippen LogP contribution in [0, 0.1) is 6.92 Å². The Kier molecular flexibility index (Phi) is 5.08. The minimum atomic E-state index is -1.30. The molecule has 152 valence electrons. The summed E-state index contributed by atoms with van der Waals surface area (Å²) in [5, 5.41) is 0. The van der Waals surface area contributed by atoms with Crippen molar-refractivity contribution in [3.8, 4) is 5.75 Å². The Labute approximate surface area is 175 Å². The lowest BCUT2D eigenvalue weighted by molar-refractivity contribution is -0.150. The minimum Gasteiger partial charge on any atom is -0.497 e. The van der Waals surface area contributed by atoms with Crippen LogP contribution in [0.25, 0.3) is 5.57 Å². The van der Waals surface area contributed by atoms with E-state index < -0.39 is 11.6 Å². The van der Waals surface area contributed by atoms with Gasteiger partial charge in [0.2, 0.25) is 5.60 Å². The van der Waals surface area contributed by atoms with Crippen LogP contribution in [0.4, 0.5) is 5.69 Å². The molecule has 4 rings (SSSR count). The molecule has 5 heteroatoms. The molecule has 0 N–H and O–H groups in total. The first-order valence-corrected chi connectivity index (χ1v) is 9.62. The lowest BCUT2D eigenvalue weighted by Gasteiger charge is -2.54. The second-order valence-corrected chi connectivity index (χ2v) is 7.08. The normalized spacial score (nSPS) is 20.4. The van der Waals surface area contributed by atoms with E-state index in [9.17, 15) is 4.79 Å². The number of methoxy groups -OCH3 is 2. The Morgan fingerprint density at radius 1 is 1.07 bits per heavy atom. The number of β-lactam (4-membered cyclic amide) rings is 1. The monoisotopic (exact) mass is 401 g/mol. The van der Waals surface area contributed by atoms with Crippen LogP contribution in [-0.4, -0.2) is 25.7 Å². The Bertz CT molecular complexity index is 1110. The zero-order valence-corrected chi connectivity index (χ0v) is 17.2. The fraction of sp³-hybridized carbons (Fsp3) is 0.200. The molecule has 30 heavy (non-hydrogen) atoms. The van der Waals surface area contributed by atoms with Crippen molar-refractivity contribution in [1.82, 2.24) is 0 Å². The van der Waals surface area contributed by atoms with Gasteiger partial charge in [0.25, 0.3) is 5.91 Å². The fourth-order valence-electron chi connectivity index (χ4n) is 4.06. The molecule has 0 unspecified atom stereocenters. The van der Waals surface area contributed by atoms with Crippen molar-refractivity contribution in [2.24, 2.45) is 0 Å². The molecule has 0 radical (unpaired) electrons. The van der Waals surface area contributed by atoms with Gasteiger partial charge in [-0.2, -0.15) is 0 Å². The van der Waals surface area contributed by atoms with Crippen molar-refractivity contribution in [3.05, 3.63) is 96.1 Å². The maximum Gasteiger partial charge on any atom is 0.268 e. The first-order valence-electron chi connectivity index (χ1n) is 9.62. The summed E-state index contributed by atoms with van der Waals surface area (Å²) in [6.45, 7) is 5.73. The molecule has 5 nitrogen and oxygen atoms in total. The second kappa shape index (κ2) is 7.71. The number of ether oxygens (including phenoxy) is 2. The van der Waals surface area contributed by atoms with Gasteiger partial charge >= 0.3 is 0 Å². The number of nitrogens with zero attached hydrogens (tertiary/aromatic N) is 1. The molecule has 1 aliphatic heterocycles. The topological polar surface area (TPSA) is 51.9 Å². The highest BCUT2D eigenvalue weighted by molar-refractivity contribution is 6.16. The third-order valence-electron chi connectivity index (χ3n) is 5.49. The minimum absolute atomic E-state index is 0.204. The average Bonchev–Trinajstić information content (AvgIpc) is 3.21. The van der Waals surface area contributed by atoms with Crippen LogP contribution in [0.3, 0.4) is 0 Å². The molecule has 2 heterocycles. The number of carbonyl (C=O) groups is 1. The molecule has 0 saturated carbocycles. The Balaban J connectivity index is 1.87. The van der Waals surface area contributed by atoms with Gasteiger partial charge in [0, 0.05) is 18.4 Å². The van der Waals surface area contributed by atoms with Gasteiger partial charge in [0.15, 0.2) is 0 Å². The van der Waals surface area contributed by atoms with Crippen LogP contribution in [-0.2, 0) is 9.53 Å². The predicted molar refractivity (Wildman–Crippen MR) is 115 cm³/mol. The SMILES string of the molecule is C=C=C(c1ccccc1)[C@]1(OC)C(=O)N(c2ccc(OC)cc2)[C@H]1c1ccc(C)o1. The standard InChI is InChI=1S/C25H23NO4/c1-5-21(18-9-7-6-8-10-18)25(29-4)23(22-16-11-17(2)30-22)26(24(25)27)19-12-14-20(28-3)15-13-19/h6-16,23H,1H2,2-4H3/t23-,25+/m0/s1. The molecule has 1 aromatic heterocycles. The van der Waals surface area contributed by atoms with Crippen LogP contribution in [0.5, 0.6) is 5.75 Å². The van der Waals surface area contributed by atoms with Gasteiger partial charge < -0.3 is 13.9 Å². The second-order valence-electron chi connectivity index (χ2n) is 7.08. The molecular weight excluding hydrogens is 378 g/mol. The highest BCUT2D eigenvalue weighted by atomic mass is 16.5. The molecule has 1 fully saturated rings. The molecule has 1 aliphatic rings. The van der Waals surface area contributed by atoms with Crippen molar-refractivity contribution in [3.63, 3.8) is 0 Å². The molecule has 2 aromatic carbocycles. The molecule has 0 aliphatic carbocycles. The van der Waals surface area contributed by atoms with Crippen LogP contribution in [0.2, 0.25) is 0 Å². The van der Waals surface area contributed by atoms with E-state index >= 15 is 0 Å². The van der Waals surface area contributed by atoms with Crippen LogP contribution in [0.15, 0.2) is 83.5 Å². The van der Waals surface area contributed by atoms with Crippen LogP contribution < -0.4 is 9.64 Å². The number of aryl methyl sites for hydroxylation is 1. The third-order valence-corrected chi connectivity index (χ3v) is 5.49. The maximum absolute atomic E-state index is 13.7. The van der Waals surface area contributed by atoms with Crippen molar-refractivity contribution in [1.29, 1.82) is 0 Å². The van der Waals surface area contributed by atoms with E-state index in [1.165, 1.54) is 7.11 Å². The zero-order chi connectivity index (χ0) is 21.3. The van der Waals surface area contributed by atoms with E-state index in [4.69, 9.17) is 13.9 Å². The van der Waals surface area contributed by atoms with Crippen molar-refractivity contribution in [2.75, 3.05) is 19.1 Å². The quantitative estimate of drug-likeness (QED) is 0.434. The van der Waals surface area contributed by atoms with Crippen LogP contribution >= 0.6 is 0 Å². The number of hydrogen-bond acceptors (Lipinski definition) is 4. The molecule has 1 amide bonds. The van der Waals surface area contributed by atoms with Crippen molar-refractivity contribution in [2.45, 2.75) is 18.6 Å². The highest BCUT2D eigenvalue weighted by Gasteiger charge is 2.66. The van der Waals surface area contributed by atoms with Gasteiger partial charge in [-0.05, 0) is 48.9 Å². The third kappa shape index (κ3) is 2.88. The van der Waals surface area contributed by atoms with Crippen molar-refractivity contribution >= 4 is 17.2 Å². The Morgan fingerprint density at radius 2 is 1.77 bits per heavy atom. The molecule has 0 bridgehead atoms. The van der Waals surface area contributed by atoms with E-state index in [1.807, 2.05) is 73.7 Å². The number of hydrogen-bond donors (Lipinski definition) is 0. The largest absolute Gasteiger partial charge is 0.497 e. The summed E-state index contributed by atoms with van der Waals surface area (Å²) < 4.78 is 17.2. The summed E-state index contributed by atoms with van der Waals surface area (Å²) in [6.07, 6.45) is 0. The van der Waals surface area contributed by atoms with Gasteiger partial charge in [-0.25, -0.2) is 0 Å². The summed E-state index contributed by atoms with van der Waals surface area (Å²) in [7, 11) is 3.14. The van der Waals surface area contributed by atoms with Gasteiger partial charge in [0.05, 0.1) is 7.11 Å². The zero-order valence-electron chi connectivity index (χ0n) is 17.2. The smallest absolute Gasteiger partial charge is 0.268 e. The first kappa shape index (κ1) is 19.8. The number of benzene rings is 2. The number of carbonyl (C=O) groups excluding carboxylic acids is 1. The van der Waals surface area contributed by atoms with Crippen molar-refractivity contribution < 1.29 is 18.7 Å². The van der Waals surface area contributed by atoms with Crippen LogP contribution in [0.1, 0.15) is 23.1 Å². The van der Waals surface area contributed by atoms with E-state index in [-0.39, 0.29) is 5.91 Å². The number of rotatable bonds is 6.